The largest absolute Gasteiger partial charge is 0.456 e. The van der Waals surface area contributed by atoms with E-state index in [0.29, 0.717) is 0 Å². The Kier molecular flexibility index (Phi) is 6.62. The van der Waals surface area contributed by atoms with Crippen molar-refractivity contribution in [1.82, 2.24) is 0 Å². The van der Waals surface area contributed by atoms with Crippen LogP contribution in [0.5, 0.6) is 11.5 Å². The van der Waals surface area contributed by atoms with Crippen LogP contribution in [0.3, 0.4) is 0 Å². The minimum atomic E-state index is 0.883. The van der Waals surface area contributed by atoms with Gasteiger partial charge >= 0.3 is 0 Å². The molecule has 0 amide bonds. The molecule has 0 aromatic heterocycles. The summed E-state index contributed by atoms with van der Waals surface area (Å²) in [4.78, 5) is 0. The normalized spacial score (nSPS) is 11.9. The Balaban J connectivity index is 1.16. The molecule has 53 heavy (non-hydrogen) atoms. The van der Waals surface area contributed by atoms with Gasteiger partial charge in [-0.25, -0.2) is 0 Å². The lowest BCUT2D eigenvalue weighted by molar-refractivity contribution is 0.487. The van der Waals surface area contributed by atoms with Gasteiger partial charge in [-0.2, -0.15) is 0 Å². The topological polar surface area (TPSA) is 9.23 Å². The highest BCUT2D eigenvalue weighted by molar-refractivity contribution is 6.23. The summed E-state index contributed by atoms with van der Waals surface area (Å²) in [5.74, 6) is 1.79. The van der Waals surface area contributed by atoms with Crippen LogP contribution in [0.2, 0.25) is 0 Å². The summed E-state index contributed by atoms with van der Waals surface area (Å²) >= 11 is 0. The van der Waals surface area contributed by atoms with Crippen LogP contribution in [0.4, 0.5) is 0 Å². The first-order chi connectivity index (χ1) is 26.3. The van der Waals surface area contributed by atoms with Gasteiger partial charge in [0.25, 0.3) is 0 Å². The maximum Gasteiger partial charge on any atom is 0.135 e. The predicted molar refractivity (Wildman–Crippen MR) is 224 cm³/mol. The fraction of sp³-hybridized carbons (Fsp3) is 0. The van der Waals surface area contributed by atoms with E-state index in [1.54, 1.807) is 0 Å². The molecule has 0 radical (unpaired) electrons. The average Bonchev–Trinajstić information content (AvgIpc) is 3.23. The van der Waals surface area contributed by atoms with E-state index in [4.69, 9.17) is 4.74 Å². The van der Waals surface area contributed by atoms with Crippen molar-refractivity contribution in [3.8, 4) is 67.1 Å². The highest BCUT2D eigenvalue weighted by Gasteiger charge is 2.23. The smallest absolute Gasteiger partial charge is 0.135 e. The van der Waals surface area contributed by atoms with Crippen LogP contribution in [0.25, 0.3) is 98.7 Å². The second kappa shape index (κ2) is 11.8. The van der Waals surface area contributed by atoms with E-state index in [1.807, 2.05) is 0 Å². The maximum absolute atomic E-state index is 6.64. The van der Waals surface area contributed by atoms with Crippen molar-refractivity contribution in [1.29, 1.82) is 0 Å². The Morgan fingerprint density at radius 3 is 1.68 bits per heavy atom. The van der Waals surface area contributed by atoms with Crippen molar-refractivity contribution in [3.05, 3.63) is 194 Å². The molecule has 1 heterocycles. The van der Waals surface area contributed by atoms with Crippen LogP contribution in [-0.2, 0) is 0 Å². The van der Waals surface area contributed by atoms with Gasteiger partial charge in [0.05, 0.1) is 0 Å². The van der Waals surface area contributed by atoms with Gasteiger partial charge in [0.2, 0.25) is 0 Å². The molecule has 0 saturated carbocycles. The van der Waals surface area contributed by atoms with E-state index in [2.05, 4.69) is 194 Å². The van der Waals surface area contributed by atoms with Gasteiger partial charge in [0.1, 0.15) is 11.5 Å². The third-order valence-electron chi connectivity index (χ3n) is 11.0. The summed E-state index contributed by atoms with van der Waals surface area (Å²) < 4.78 is 6.64. The summed E-state index contributed by atoms with van der Waals surface area (Å²) in [6.45, 7) is 0. The van der Waals surface area contributed by atoms with Gasteiger partial charge in [0.15, 0.2) is 0 Å². The van der Waals surface area contributed by atoms with Crippen molar-refractivity contribution < 1.29 is 4.74 Å². The number of fused-ring (bicyclic) bond motifs is 6. The molecule has 0 aliphatic carbocycles. The van der Waals surface area contributed by atoms with Crippen LogP contribution < -0.4 is 4.74 Å². The molecular formula is C52H32O. The third kappa shape index (κ3) is 4.71. The lowest BCUT2D eigenvalue weighted by atomic mass is 9.84. The fourth-order valence-electron chi connectivity index (χ4n) is 8.60. The Morgan fingerprint density at radius 2 is 0.868 bits per heavy atom. The molecule has 10 aromatic carbocycles. The molecule has 0 saturated heterocycles. The van der Waals surface area contributed by atoms with Gasteiger partial charge in [-0.15, -0.1) is 0 Å². The number of hydrogen-bond donors (Lipinski definition) is 0. The van der Waals surface area contributed by atoms with Crippen LogP contribution in [-0.4, -0.2) is 0 Å². The Hall–Kier alpha value is -6.96. The molecule has 11 rings (SSSR count). The average molecular weight is 673 g/mol. The first kappa shape index (κ1) is 29.7. The zero-order valence-corrected chi connectivity index (χ0v) is 28.9. The summed E-state index contributed by atoms with van der Waals surface area (Å²) in [7, 11) is 0. The van der Waals surface area contributed by atoms with E-state index in [-0.39, 0.29) is 0 Å². The van der Waals surface area contributed by atoms with E-state index in [0.717, 1.165) is 28.0 Å². The maximum atomic E-state index is 6.64. The van der Waals surface area contributed by atoms with Crippen LogP contribution >= 0.6 is 0 Å². The van der Waals surface area contributed by atoms with Crippen LogP contribution in [0.1, 0.15) is 0 Å². The summed E-state index contributed by atoms with van der Waals surface area (Å²) in [5.41, 5.74) is 12.0. The van der Waals surface area contributed by atoms with Gasteiger partial charge in [-0.05, 0) is 118 Å². The first-order valence-corrected chi connectivity index (χ1v) is 18.3. The predicted octanol–water partition coefficient (Wildman–Crippen LogP) is 14.7. The minimum absolute atomic E-state index is 0.883. The molecule has 0 fully saturated rings. The van der Waals surface area contributed by atoms with Gasteiger partial charge < -0.3 is 4.74 Å². The second-order valence-electron chi connectivity index (χ2n) is 14.0. The molecule has 1 aliphatic heterocycles. The van der Waals surface area contributed by atoms with Crippen molar-refractivity contribution >= 4 is 43.1 Å². The highest BCUT2D eigenvalue weighted by atomic mass is 16.5. The Labute approximate surface area is 308 Å². The third-order valence-corrected chi connectivity index (χ3v) is 11.0. The highest BCUT2D eigenvalue weighted by Crippen LogP contribution is 2.50. The molecule has 0 unspecified atom stereocenters. The summed E-state index contributed by atoms with van der Waals surface area (Å²) in [6, 6.07) is 70.6. The van der Waals surface area contributed by atoms with Crippen molar-refractivity contribution in [2.45, 2.75) is 0 Å². The standard InChI is InChI=1S/C52H32O/c1-3-12-33(13-4-1)40-27-29-49-51-44(40)20-11-21-45(51)46-31-37(25-28-48(46)53-49)36-24-26-41(34-14-5-2-6-15-34)47(32-36)52-43-19-10-8-17-38(43)30-39-23-22-35-16-7-9-18-42(35)50(39)52/h1-32H. The van der Waals surface area contributed by atoms with E-state index in [1.165, 1.54) is 82.2 Å². The molecule has 10 aromatic rings. The quantitative estimate of drug-likeness (QED) is 0.134. The van der Waals surface area contributed by atoms with E-state index < -0.39 is 0 Å². The molecule has 0 atom stereocenters. The first-order valence-electron chi connectivity index (χ1n) is 18.3. The molecule has 1 nitrogen and oxygen atoms in total. The van der Waals surface area contributed by atoms with Crippen molar-refractivity contribution in [3.63, 3.8) is 0 Å². The SMILES string of the molecule is c1ccc(-c2ccc(-c3ccc4c(c3)-c3cccc5c(-c6ccccc6)ccc(c35)O4)cc2-c2c3ccccc3cc3ccc4ccccc4c23)cc1. The molecule has 1 aliphatic rings. The number of hydrogen-bond acceptors (Lipinski definition) is 1. The van der Waals surface area contributed by atoms with Crippen molar-refractivity contribution in [2.75, 3.05) is 0 Å². The fourth-order valence-corrected chi connectivity index (χ4v) is 8.60. The number of benzene rings is 10. The summed E-state index contributed by atoms with van der Waals surface area (Å²) in [5, 5.41) is 9.89. The molecule has 246 valence electrons. The molecule has 0 bridgehead atoms. The number of ether oxygens (including phenoxy) is 1. The Bertz CT molecular complexity index is 3070. The summed E-state index contributed by atoms with van der Waals surface area (Å²) in [6.07, 6.45) is 0. The van der Waals surface area contributed by atoms with Crippen LogP contribution in [0, 0.1) is 0 Å². The monoisotopic (exact) mass is 672 g/mol. The molecule has 1 heteroatoms. The van der Waals surface area contributed by atoms with E-state index in [9.17, 15) is 0 Å². The van der Waals surface area contributed by atoms with Gasteiger partial charge in [-0.3, -0.25) is 0 Å². The second-order valence-corrected chi connectivity index (χ2v) is 14.0. The van der Waals surface area contributed by atoms with Gasteiger partial charge in [-0.1, -0.05) is 164 Å². The molecule has 0 spiro atoms. The molecular weight excluding hydrogens is 641 g/mol. The lowest BCUT2D eigenvalue weighted by Crippen LogP contribution is -1.98. The van der Waals surface area contributed by atoms with E-state index >= 15 is 0 Å². The Morgan fingerprint density at radius 1 is 0.264 bits per heavy atom. The lowest BCUT2D eigenvalue weighted by Gasteiger charge is -2.23. The molecule has 0 N–H and O–H groups in total. The minimum Gasteiger partial charge on any atom is -0.456 e. The number of rotatable bonds is 4. The zero-order valence-electron chi connectivity index (χ0n) is 28.9. The zero-order chi connectivity index (χ0) is 34.9. The van der Waals surface area contributed by atoms with Crippen LogP contribution in [0.15, 0.2) is 194 Å². The van der Waals surface area contributed by atoms with Crippen molar-refractivity contribution in [2.24, 2.45) is 0 Å². The van der Waals surface area contributed by atoms with Gasteiger partial charge in [0, 0.05) is 10.9 Å².